The van der Waals surface area contributed by atoms with Crippen LogP contribution in [-0.2, 0) is 28.8 Å². The van der Waals surface area contributed by atoms with Crippen molar-refractivity contribution in [1.29, 1.82) is 0 Å². The summed E-state index contributed by atoms with van der Waals surface area (Å²) >= 11 is 0. The Hall–Kier alpha value is -2.97. The van der Waals surface area contributed by atoms with E-state index in [0.29, 0.717) is 35.6 Å². The number of esters is 1. The van der Waals surface area contributed by atoms with Crippen LogP contribution in [0.15, 0.2) is 12.1 Å². The third-order valence-electron chi connectivity index (χ3n) is 10.0. The van der Waals surface area contributed by atoms with E-state index in [2.05, 4.69) is 18.7 Å². The fourth-order valence-corrected chi connectivity index (χ4v) is 7.00. The van der Waals surface area contributed by atoms with Crippen molar-refractivity contribution in [2.45, 2.75) is 123 Å². The number of hydrogen-bond donors (Lipinski definition) is 1. The van der Waals surface area contributed by atoms with Gasteiger partial charge in [-0.1, -0.05) is 65.2 Å². The highest BCUT2D eigenvalue weighted by Crippen LogP contribution is 2.45. The highest BCUT2D eigenvalue weighted by Gasteiger charge is 2.39. The first-order chi connectivity index (χ1) is 21.3. The van der Waals surface area contributed by atoms with Crippen molar-refractivity contribution < 1.29 is 28.2 Å². The summed E-state index contributed by atoms with van der Waals surface area (Å²) in [5.74, 6) is 1.67. The third-order valence-corrected chi connectivity index (χ3v) is 10.0. The lowest BCUT2D eigenvalue weighted by Crippen LogP contribution is -2.20. The van der Waals surface area contributed by atoms with E-state index in [1.807, 2.05) is 0 Å². The van der Waals surface area contributed by atoms with Gasteiger partial charge in [-0.05, 0) is 74.0 Å². The lowest BCUT2D eigenvalue weighted by molar-refractivity contribution is -0.146. The molecule has 5 rings (SSSR count). The van der Waals surface area contributed by atoms with E-state index in [4.69, 9.17) is 19.7 Å². The fraction of sp³-hybridized carbons (Fsp3) is 0.686. The number of aromatic nitrogens is 2. The topological polar surface area (TPSA) is 84.5 Å². The van der Waals surface area contributed by atoms with Gasteiger partial charge in [0.2, 0.25) is 0 Å². The number of benzene rings is 1. The number of phenolic OH excluding ortho intramolecular Hbond substituents is 1. The number of rotatable bonds is 17. The zero-order valence-electron chi connectivity index (χ0n) is 26.6. The molecule has 3 fully saturated rings. The first-order valence-corrected chi connectivity index (χ1v) is 16.9. The SMILES string of the molecule is CCCCc1c(-c2c(O)cc(OC(F)F)cc2CC2CCC2)nnc(N2CC2CCC(CCC)C(=O)OC)c1CC1CCC1. The lowest BCUT2D eigenvalue weighted by Gasteiger charge is -2.29. The minimum atomic E-state index is -2.96. The lowest BCUT2D eigenvalue weighted by atomic mass is 9.78. The van der Waals surface area contributed by atoms with Gasteiger partial charge in [-0.3, -0.25) is 4.79 Å². The fourth-order valence-electron chi connectivity index (χ4n) is 7.00. The predicted octanol–water partition coefficient (Wildman–Crippen LogP) is 8.04. The Morgan fingerprint density at radius 1 is 1.02 bits per heavy atom. The van der Waals surface area contributed by atoms with Gasteiger partial charge >= 0.3 is 12.6 Å². The molecule has 0 bridgehead atoms. The number of nitrogens with zero attached hydrogens (tertiary/aromatic N) is 3. The number of ether oxygens (including phenoxy) is 2. The van der Waals surface area contributed by atoms with Crippen molar-refractivity contribution in [2.75, 3.05) is 18.6 Å². The van der Waals surface area contributed by atoms with Crippen LogP contribution in [-0.4, -0.2) is 47.6 Å². The van der Waals surface area contributed by atoms with Gasteiger partial charge in [-0.25, -0.2) is 0 Å². The number of hydrogen-bond acceptors (Lipinski definition) is 7. The molecule has 2 saturated carbocycles. The summed E-state index contributed by atoms with van der Waals surface area (Å²) in [5, 5.41) is 21.0. The zero-order valence-corrected chi connectivity index (χ0v) is 26.6. The van der Waals surface area contributed by atoms with Gasteiger partial charge in [0.15, 0.2) is 5.82 Å². The van der Waals surface area contributed by atoms with Gasteiger partial charge in [-0.15, -0.1) is 10.2 Å². The molecule has 0 radical (unpaired) electrons. The second-order valence-electron chi connectivity index (χ2n) is 13.2. The number of halogens is 2. The minimum absolute atomic E-state index is 0.0229. The summed E-state index contributed by atoms with van der Waals surface area (Å²) in [4.78, 5) is 14.6. The van der Waals surface area contributed by atoms with Crippen molar-refractivity contribution in [3.63, 3.8) is 0 Å². The van der Waals surface area contributed by atoms with Crippen molar-refractivity contribution in [2.24, 2.45) is 17.8 Å². The first kappa shape index (κ1) is 32.4. The maximum Gasteiger partial charge on any atom is 0.387 e. The molecular weight excluding hydrogens is 564 g/mol. The second-order valence-corrected chi connectivity index (χ2v) is 13.2. The van der Waals surface area contributed by atoms with E-state index in [1.165, 1.54) is 38.0 Å². The Morgan fingerprint density at radius 2 is 1.75 bits per heavy atom. The predicted molar refractivity (Wildman–Crippen MR) is 167 cm³/mol. The van der Waals surface area contributed by atoms with E-state index in [1.54, 1.807) is 6.07 Å². The third kappa shape index (κ3) is 7.63. The average Bonchev–Trinajstić information content (AvgIpc) is 3.72. The normalized spacial score (nSPS) is 19.0. The molecule has 9 heteroatoms. The number of aromatic hydroxyl groups is 1. The quantitative estimate of drug-likeness (QED) is 0.143. The molecule has 1 aliphatic heterocycles. The number of methoxy groups -OCH3 is 1. The molecule has 0 spiro atoms. The number of unbranched alkanes of at least 4 members (excludes halogenated alkanes) is 1. The van der Waals surface area contributed by atoms with Crippen molar-refractivity contribution in [3.8, 4) is 22.8 Å². The summed E-state index contributed by atoms with van der Waals surface area (Å²) in [6, 6.07) is 3.27. The van der Waals surface area contributed by atoms with Crippen molar-refractivity contribution in [1.82, 2.24) is 10.2 Å². The van der Waals surface area contributed by atoms with Crippen LogP contribution in [0.5, 0.6) is 11.5 Å². The van der Waals surface area contributed by atoms with Crippen LogP contribution in [0.25, 0.3) is 11.3 Å². The zero-order chi connectivity index (χ0) is 31.2. The highest BCUT2D eigenvalue weighted by atomic mass is 19.3. The average molecular weight is 614 g/mol. The van der Waals surface area contributed by atoms with Crippen LogP contribution in [0.1, 0.15) is 108 Å². The Labute approximate surface area is 260 Å². The summed E-state index contributed by atoms with van der Waals surface area (Å²) in [6.07, 6.45) is 14.9. The molecule has 1 saturated heterocycles. The molecule has 2 unspecified atom stereocenters. The van der Waals surface area contributed by atoms with Crippen LogP contribution in [0.3, 0.4) is 0 Å². The largest absolute Gasteiger partial charge is 0.507 e. The molecule has 2 aliphatic carbocycles. The first-order valence-electron chi connectivity index (χ1n) is 16.9. The van der Waals surface area contributed by atoms with Crippen LogP contribution in [0, 0.1) is 17.8 Å². The van der Waals surface area contributed by atoms with Crippen LogP contribution in [0.4, 0.5) is 14.6 Å². The van der Waals surface area contributed by atoms with Crippen LogP contribution >= 0.6 is 0 Å². The molecule has 0 amide bonds. The Balaban J connectivity index is 1.51. The molecule has 1 N–H and O–H groups in total. The number of anilines is 1. The molecule has 44 heavy (non-hydrogen) atoms. The standard InChI is InChI=1S/C35H49F2N3O4/c1-4-6-14-28-29(18-23-12-8-13-23)33(40-21-26(40)16-15-24(9-5-2)34(42)43-3)39-38-32(28)31-25(17-22-10-7-11-22)19-27(20-30(31)41)44-35(36)37/h19-20,22-24,26,35,41H,4-18,21H2,1-3H3. The Morgan fingerprint density at radius 3 is 2.36 bits per heavy atom. The smallest absolute Gasteiger partial charge is 0.387 e. The highest BCUT2D eigenvalue weighted by molar-refractivity contribution is 5.77. The van der Waals surface area contributed by atoms with Gasteiger partial charge in [0.1, 0.15) is 17.2 Å². The molecule has 7 nitrogen and oxygen atoms in total. The Bertz CT molecular complexity index is 1280. The van der Waals surface area contributed by atoms with E-state index in [-0.39, 0.29) is 23.4 Å². The maximum absolute atomic E-state index is 13.2. The molecule has 242 valence electrons. The van der Waals surface area contributed by atoms with E-state index in [0.717, 1.165) is 94.1 Å². The summed E-state index contributed by atoms with van der Waals surface area (Å²) in [7, 11) is 1.46. The molecule has 3 aliphatic rings. The minimum Gasteiger partial charge on any atom is -0.507 e. The summed E-state index contributed by atoms with van der Waals surface area (Å²) in [5.41, 5.74) is 4.44. The molecule has 1 aromatic heterocycles. The number of carbonyl (C=O) groups is 1. The van der Waals surface area contributed by atoms with E-state index in [9.17, 15) is 18.7 Å². The monoisotopic (exact) mass is 613 g/mol. The number of carbonyl (C=O) groups excluding carboxylic acids is 1. The number of phenols is 1. The molecular formula is C35H49F2N3O4. The van der Waals surface area contributed by atoms with Gasteiger partial charge in [0.25, 0.3) is 0 Å². The van der Waals surface area contributed by atoms with E-state index >= 15 is 0 Å². The van der Waals surface area contributed by atoms with Gasteiger partial charge in [0.05, 0.1) is 13.0 Å². The van der Waals surface area contributed by atoms with Crippen molar-refractivity contribution in [3.05, 3.63) is 28.8 Å². The van der Waals surface area contributed by atoms with Gasteiger partial charge in [0, 0.05) is 29.8 Å². The van der Waals surface area contributed by atoms with Gasteiger partial charge < -0.3 is 19.5 Å². The van der Waals surface area contributed by atoms with Crippen LogP contribution in [0.2, 0.25) is 0 Å². The summed E-state index contributed by atoms with van der Waals surface area (Å²) < 4.78 is 36.1. The molecule has 2 atom stereocenters. The van der Waals surface area contributed by atoms with Crippen LogP contribution < -0.4 is 9.64 Å². The summed E-state index contributed by atoms with van der Waals surface area (Å²) in [6.45, 7) is 2.19. The van der Waals surface area contributed by atoms with E-state index < -0.39 is 6.61 Å². The van der Waals surface area contributed by atoms with Crippen molar-refractivity contribution >= 4 is 11.8 Å². The molecule has 2 aromatic rings. The molecule has 1 aromatic carbocycles. The number of alkyl halides is 2. The second kappa shape index (κ2) is 14.9. The molecule has 2 heterocycles. The Kier molecular flexibility index (Phi) is 11.0. The van der Waals surface area contributed by atoms with Gasteiger partial charge in [-0.2, -0.15) is 8.78 Å². The maximum atomic E-state index is 13.2.